The first-order valence-electron chi connectivity index (χ1n) is 11.2. The summed E-state index contributed by atoms with van der Waals surface area (Å²) in [6.45, 7) is 10.5. The Morgan fingerprint density at radius 1 is 1.09 bits per heavy atom. The second kappa shape index (κ2) is 10.9. The number of alkyl carbamates (subject to hydrolysis) is 1. The van der Waals surface area contributed by atoms with Gasteiger partial charge in [-0.2, -0.15) is 0 Å². The molecular formula is C24H33N5O3. The van der Waals surface area contributed by atoms with Crippen molar-refractivity contribution in [2.75, 3.05) is 31.1 Å². The summed E-state index contributed by atoms with van der Waals surface area (Å²) in [5.74, 6) is 1.57. The normalized spacial score (nSPS) is 15.8. The second-order valence-electron chi connectivity index (χ2n) is 8.30. The van der Waals surface area contributed by atoms with Gasteiger partial charge in [-0.15, -0.1) is 0 Å². The summed E-state index contributed by atoms with van der Waals surface area (Å²) in [5, 5.41) is 2.81. The number of amides is 2. The summed E-state index contributed by atoms with van der Waals surface area (Å²) in [6.07, 6.45) is 0.201. The number of piperazine rings is 1. The molecule has 1 aromatic carbocycles. The number of carbonyl (C=O) groups excluding carboxylic acids is 2. The number of nitrogens with one attached hydrogen (secondary N) is 1. The highest BCUT2D eigenvalue weighted by Gasteiger charge is 2.32. The van der Waals surface area contributed by atoms with Crippen molar-refractivity contribution in [3.8, 4) is 0 Å². The summed E-state index contributed by atoms with van der Waals surface area (Å²) < 4.78 is 5.34. The van der Waals surface area contributed by atoms with E-state index < -0.39 is 12.1 Å². The molecule has 2 aromatic rings. The van der Waals surface area contributed by atoms with Crippen LogP contribution in [0.25, 0.3) is 0 Å². The van der Waals surface area contributed by atoms with E-state index in [0.29, 0.717) is 26.2 Å². The van der Waals surface area contributed by atoms with Crippen LogP contribution < -0.4 is 10.2 Å². The van der Waals surface area contributed by atoms with Crippen molar-refractivity contribution < 1.29 is 14.3 Å². The lowest BCUT2D eigenvalue weighted by Crippen LogP contribution is -2.57. The Balaban J connectivity index is 1.58. The van der Waals surface area contributed by atoms with E-state index in [9.17, 15) is 9.59 Å². The third kappa shape index (κ3) is 6.18. The number of rotatable bonds is 7. The Bertz CT molecular complexity index is 893. The van der Waals surface area contributed by atoms with Crippen LogP contribution in [0.1, 0.15) is 37.4 Å². The van der Waals surface area contributed by atoms with Crippen molar-refractivity contribution in [1.29, 1.82) is 0 Å². The lowest BCUT2D eigenvalue weighted by atomic mass is 9.97. The Labute approximate surface area is 190 Å². The molecule has 8 heteroatoms. The highest BCUT2D eigenvalue weighted by Crippen LogP contribution is 2.17. The average molecular weight is 440 g/mol. The van der Waals surface area contributed by atoms with Gasteiger partial charge in [0, 0.05) is 37.9 Å². The fourth-order valence-corrected chi connectivity index (χ4v) is 3.79. The highest BCUT2D eigenvalue weighted by molar-refractivity contribution is 5.86. The zero-order chi connectivity index (χ0) is 23.1. The predicted molar refractivity (Wildman–Crippen MR) is 123 cm³/mol. The first kappa shape index (κ1) is 23.5. The van der Waals surface area contributed by atoms with E-state index in [1.807, 2.05) is 69.0 Å². The van der Waals surface area contributed by atoms with Gasteiger partial charge in [-0.25, -0.2) is 14.8 Å². The standard InChI is InChI=1S/C24H33N5O3/c1-5-17(2)22(27-24(31)32-16-20-9-7-6-8-10-20)23(30)29-13-11-28(12-14-29)21-15-18(3)25-19(4)26-21/h6-10,15,17,22H,5,11-14,16H2,1-4H3,(H,27,31)/t17-,22-/m0/s1. The van der Waals surface area contributed by atoms with Crippen molar-refractivity contribution >= 4 is 17.8 Å². The van der Waals surface area contributed by atoms with Gasteiger partial charge < -0.3 is 19.9 Å². The zero-order valence-corrected chi connectivity index (χ0v) is 19.4. The number of carbonyl (C=O) groups is 2. The first-order valence-corrected chi connectivity index (χ1v) is 11.2. The lowest BCUT2D eigenvalue weighted by molar-refractivity contribution is -0.135. The largest absolute Gasteiger partial charge is 0.445 e. The smallest absolute Gasteiger partial charge is 0.408 e. The number of hydrogen-bond acceptors (Lipinski definition) is 6. The van der Waals surface area contributed by atoms with Crippen molar-refractivity contribution in [2.45, 2.75) is 46.8 Å². The Morgan fingerprint density at radius 3 is 2.41 bits per heavy atom. The van der Waals surface area contributed by atoms with Gasteiger partial charge in [-0.3, -0.25) is 4.79 Å². The molecule has 0 aliphatic carbocycles. The molecule has 1 fully saturated rings. The van der Waals surface area contributed by atoms with E-state index in [1.54, 1.807) is 0 Å². The maximum atomic E-state index is 13.3. The van der Waals surface area contributed by atoms with Gasteiger partial charge in [-0.1, -0.05) is 50.6 Å². The third-order valence-corrected chi connectivity index (χ3v) is 5.83. The molecule has 0 bridgehead atoms. The molecule has 3 rings (SSSR count). The van der Waals surface area contributed by atoms with Gasteiger partial charge in [0.25, 0.3) is 0 Å². The molecule has 2 heterocycles. The fraction of sp³-hybridized carbons (Fsp3) is 0.500. The molecule has 0 radical (unpaired) electrons. The second-order valence-corrected chi connectivity index (χ2v) is 8.30. The van der Waals surface area contributed by atoms with Gasteiger partial charge >= 0.3 is 6.09 Å². The van der Waals surface area contributed by atoms with E-state index in [4.69, 9.17) is 4.74 Å². The van der Waals surface area contributed by atoms with Crippen molar-refractivity contribution in [1.82, 2.24) is 20.2 Å². The van der Waals surface area contributed by atoms with Gasteiger partial charge in [0.05, 0.1) is 0 Å². The minimum absolute atomic E-state index is 0.00281. The summed E-state index contributed by atoms with van der Waals surface area (Å²) in [7, 11) is 0. The van der Waals surface area contributed by atoms with E-state index in [2.05, 4.69) is 20.2 Å². The SMILES string of the molecule is CC[C@H](C)[C@H](NC(=O)OCc1ccccc1)C(=O)N1CCN(c2cc(C)nc(C)n2)CC1. The number of aromatic nitrogens is 2. The van der Waals surface area contributed by atoms with Crippen LogP contribution in [0.4, 0.5) is 10.6 Å². The summed E-state index contributed by atoms with van der Waals surface area (Å²) in [4.78, 5) is 38.5. The molecule has 1 aromatic heterocycles. The van der Waals surface area contributed by atoms with Gasteiger partial charge in [0.2, 0.25) is 5.91 Å². The minimum Gasteiger partial charge on any atom is -0.445 e. The van der Waals surface area contributed by atoms with Gasteiger partial charge in [0.1, 0.15) is 24.3 Å². The number of anilines is 1. The van der Waals surface area contributed by atoms with Crippen LogP contribution in [0.2, 0.25) is 0 Å². The van der Waals surface area contributed by atoms with Crippen LogP contribution in [-0.4, -0.2) is 59.1 Å². The van der Waals surface area contributed by atoms with Crippen LogP contribution in [0.3, 0.4) is 0 Å². The Kier molecular flexibility index (Phi) is 8.03. The summed E-state index contributed by atoms with van der Waals surface area (Å²) >= 11 is 0. The zero-order valence-electron chi connectivity index (χ0n) is 19.4. The van der Waals surface area contributed by atoms with Gasteiger partial charge in [-0.05, 0) is 25.3 Å². The summed E-state index contributed by atoms with van der Waals surface area (Å²) in [6, 6.07) is 10.8. The lowest BCUT2D eigenvalue weighted by Gasteiger charge is -2.38. The van der Waals surface area contributed by atoms with Crippen LogP contribution >= 0.6 is 0 Å². The van der Waals surface area contributed by atoms with E-state index in [1.165, 1.54) is 0 Å². The van der Waals surface area contributed by atoms with Crippen LogP contribution in [0, 0.1) is 19.8 Å². The molecule has 1 N–H and O–H groups in total. The number of aryl methyl sites for hydroxylation is 2. The number of benzene rings is 1. The quantitative estimate of drug-likeness (QED) is 0.713. The predicted octanol–water partition coefficient (Wildman–Crippen LogP) is 3.08. The molecule has 1 saturated heterocycles. The fourth-order valence-electron chi connectivity index (χ4n) is 3.79. The molecule has 172 valence electrons. The molecule has 0 spiro atoms. The van der Waals surface area contributed by atoms with Crippen LogP contribution in [0.5, 0.6) is 0 Å². The molecule has 0 unspecified atom stereocenters. The molecule has 8 nitrogen and oxygen atoms in total. The maximum Gasteiger partial charge on any atom is 0.408 e. The van der Waals surface area contributed by atoms with Gasteiger partial charge in [0.15, 0.2) is 0 Å². The van der Waals surface area contributed by atoms with Crippen molar-refractivity contribution in [2.24, 2.45) is 5.92 Å². The topological polar surface area (TPSA) is 87.7 Å². The molecule has 2 atom stereocenters. The summed E-state index contributed by atoms with van der Waals surface area (Å²) in [5.41, 5.74) is 1.83. The molecule has 0 saturated carbocycles. The Morgan fingerprint density at radius 2 is 1.78 bits per heavy atom. The van der Waals surface area contributed by atoms with Crippen LogP contribution in [-0.2, 0) is 16.1 Å². The minimum atomic E-state index is -0.613. The molecule has 1 aliphatic heterocycles. The van der Waals surface area contributed by atoms with Crippen LogP contribution in [0.15, 0.2) is 36.4 Å². The average Bonchev–Trinajstić information content (AvgIpc) is 2.80. The molecule has 1 aliphatic rings. The number of nitrogens with zero attached hydrogens (tertiary/aromatic N) is 4. The van der Waals surface area contributed by atoms with E-state index >= 15 is 0 Å². The Hall–Kier alpha value is -3.16. The molecule has 2 amide bonds. The highest BCUT2D eigenvalue weighted by atomic mass is 16.5. The number of hydrogen-bond donors (Lipinski definition) is 1. The van der Waals surface area contributed by atoms with E-state index in [-0.39, 0.29) is 18.4 Å². The monoisotopic (exact) mass is 439 g/mol. The maximum absolute atomic E-state index is 13.3. The van der Waals surface area contributed by atoms with Crippen molar-refractivity contribution in [3.05, 3.63) is 53.5 Å². The van der Waals surface area contributed by atoms with E-state index in [0.717, 1.165) is 29.3 Å². The number of ether oxygens (including phenoxy) is 1. The third-order valence-electron chi connectivity index (χ3n) is 5.83. The first-order chi connectivity index (χ1) is 15.4. The molecule has 32 heavy (non-hydrogen) atoms. The molecular weight excluding hydrogens is 406 g/mol. The van der Waals surface area contributed by atoms with Crippen molar-refractivity contribution in [3.63, 3.8) is 0 Å².